The van der Waals surface area contributed by atoms with Crippen LogP contribution in [0.5, 0.6) is 0 Å². The van der Waals surface area contributed by atoms with Gasteiger partial charge < -0.3 is 9.64 Å². The lowest BCUT2D eigenvalue weighted by atomic mass is 10.2. The number of nitrogens with zero attached hydrogens (tertiary/aromatic N) is 2. The maximum atomic E-state index is 13.9. The number of aromatic nitrogens is 1. The van der Waals surface area contributed by atoms with Gasteiger partial charge in [0.15, 0.2) is 11.6 Å². The summed E-state index contributed by atoms with van der Waals surface area (Å²) in [4.78, 5) is 6.11. The van der Waals surface area contributed by atoms with E-state index in [0.717, 1.165) is 5.33 Å². The fourth-order valence-corrected chi connectivity index (χ4v) is 2.52. The summed E-state index contributed by atoms with van der Waals surface area (Å²) in [6.45, 7) is 3.25. The van der Waals surface area contributed by atoms with Crippen molar-refractivity contribution >= 4 is 37.7 Å². The predicted molar refractivity (Wildman–Crippen MR) is 72.2 cm³/mol. The zero-order chi connectivity index (χ0) is 12.4. The summed E-state index contributed by atoms with van der Waals surface area (Å²) in [5.74, 6) is 0.0939. The fraction of sp³-hybridized carbons (Fsp3) is 0.545. The van der Waals surface area contributed by atoms with Crippen LogP contribution in [-0.4, -0.2) is 35.6 Å². The van der Waals surface area contributed by atoms with Crippen molar-refractivity contribution in [1.29, 1.82) is 0 Å². The van der Waals surface area contributed by atoms with Crippen LogP contribution in [0.1, 0.15) is 6.92 Å². The molecule has 2 atom stereocenters. The van der Waals surface area contributed by atoms with Gasteiger partial charge in [-0.1, -0.05) is 15.9 Å². The van der Waals surface area contributed by atoms with E-state index in [4.69, 9.17) is 4.74 Å². The minimum atomic E-state index is -0.304. The smallest absolute Gasteiger partial charge is 0.166 e. The van der Waals surface area contributed by atoms with E-state index in [-0.39, 0.29) is 18.0 Å². The molecule has 1 aliphatic heterocycles. The largest absolute Gasteiger partial charge is 0.373 e. The Labute approximate surface area is 117 Å². The summed E-state index contributed by atoms with van der Waals surface area (Å²) in [5.41, 5.74) is 0. The monoisotopic (exact) mass is 366 g/mol. The van der Waals surface area contributed by atoms with Gasteiger partial charge in [-0.2, -0.15) is 0 Å². The molecule has 6 heteroatoms. The van der Waals surface area contributed by atoms with Gasteiger partial charge in [-0.15, -0.1) is 0 Å². The third-order valence-corrected chi connectivity index (χ3v) is 3.89. The van der Waals surface area contributed by atoms with Crippen molar-refractivity contribution in [2.75, 3.05) is 23.4 Å². The Kier molecular flexibility index (Phi) is 4.38. The van der Waals surface area contributed by atoms with Gasteiger partial charge in [-0.05, 0) is 28.9 Å². The fourth-order valence-electron chi connectivity index (χ4n) is 1.82. The SMILES string of the molecule is CC1COC(CBr)CN1c1ncc(Br)cc1F. The Balaban J connectivity index is 2.24. The predicted octanol–water partition coefficient (Wildman–Crippen LogP) is 2.97. The summed E-state index contributed by atoms with van der Waals surface area (Å²) >= 11 is 6.60. The molecule has 0 bridgehead atoms. The molecule has 2 heterocycles. The van der Waals surface area contributed by atoms with Gasteiger partial charge in [-0.3, -0.25) is 0 Å². The molecule has 1 aromatic rings. The number of morpholine rings is 1. The molecule has 0 saturated carbocycles. The summed E-state index contributed by atoms with van der Waals surface area (Å²) in [6.07, 6.45) is 1.69. The number of hydrogen-bond acceptors (Lipinski definition) is 3. The quantitative estimate of drug-likeness (QED) is 0.751. The molecule has 2 rings (SSSR count). The van der Waals surface area contributed by atoms with Crippen LogP contribution >= 0.6 is 31.9 Å². The number of rotatable bonds is 2. The number of halogens is 3. The minimum absolute atomic E-state index is 0.0797. The van der Waals surface area contributed by atoms with E-state index in [9.17, 15) is 4.39 Å². The summed E-state index contributed by atoms with van der Waals surface area (Å²) in [6, 6.07) is 1.57. The zero-order valence-electron chi connectivity index (χ0n) is 9.37. The molecule has 0 amide bonds. The van der Waals surface area contributed by atoms with Crippen molar-refractivity contribution in [3.8, 4) is 0 Å². The first-order valence-corrected chi connectivity index (χ1v) is 7.28. The Morgan fingerprint density at radius 2 is 2.41 bits per heavy atom. The molecule has 0 aliphatic carbocycles. The second-order valence-corrected chi connectivity index (χ2v) is 5.63. The number of hydrogen-bond donors (Lipinski definition) is 0. The minimum Gasteiger partial charge on any atom is -0.373 e. The Bertz CT molecular complexity index is 405. The second kappa shape index (κ2) is 5.63. The molecule has 1 aromatic heterocycles. The van der Waals surface area contributed by atoms with Gasteiger partial charge in [0.1, 0.15) is 0 Å². The van der Waals surface area contributed by atoms with Crippen molar-refractivity contribution in [3.63, 3.8) is 0 Å². The number of ether oxygens (including phenoxy) is 1. The van der Waals surface area contributed by atoms with Crippen LogP contribution in [0.3, 0.4) is 0 Å². The number of pyridine rings is 1. The van der Waals surface area contributed by atoms with Crippen LogP contribution in [0.2, 0.25) is 0 Å². The molecule has 1 fully saturated rings. The molecule has 0 spiro atoms. The van der Waals surface area contributed by atoms with Crippen LogP contribution < -0.4 is 4.90 Å². The first-order valence-electron chi connectivity index (χ1n) is 5.37. The highest BCUT2D eigenvalue weighted by Crippen LogP contribution is 2.25. The lowest BCUT2D eigenvalue weighted by molar-refractivity contribution is 0.0373. The van der Waals surface area contributed by atoms with Crippen LogP contribution in [0, 0.1) is 5.82 Å². The van der Waals surface area contributed by atoms with Gasteiger partial charge in [0.2, 0.25) is 0 Å². The highest BCUT2D eigenvalue weighted by Gasteiger charge is 2.28. The molecule has 3 nitrogen and oxygen atoms in total. The van der Waals surface area contributed by atoms with Crippen molar-refractivity contribution in [1.82, 2.24) is 4.98 Å². The average molecular weight is 368 g/mol. The Hall–Kier alpha value is -0.200. The maximum Gasteiger partial charge on any atom is 0.166 e. The first kappa shape index (κ1) is 13.2. The van der Waals surface area contributed by atoms with E-state index in [1.807, 2.05) is 11.8 Å². The summed E-state index contributed by atoms with van der Waals surface area (Å²) in [7, 11) is 0. The van der Waals surface area contributed by atoms with Gasteiger partial charge in [0.05, 0.1) is 18.8 Å². The molecule has 0 radical (unpaired) electrons. The van der Waals surface area contributed by atoms with Crippen LogP contribution in [0.15, 0.2) is 16.7 Å². The van der Waals surface area contributed by atoms with E-state index in [0.29, 0.717) is 23.4 Å². The first-order chi connectivity index (χ1) is 8.11. The molecule has 0 aromatic carbocycles. The molecule has 17 heavy (non-hydrogen) atoms. The second-order valence-electron chi connectivity index (χ2n) is 4.07. The average Bonchev–Trinajstić information content (AvgIpc) is 2.30. The van der Waals surface area contributed by atoms with Crippen LogP contribution in [-0.2, 0) is 4.74 Å². The van der Waals surface area contributed by atoms with Crippen molar-refractivity contribution in [3.05, 3.63) is 22.6 Å². The van der Waals surface area contributed by atoms with Gasteiger partial charge in [0, 0.05) is 22.5 Å². The third-order valence-electron chi connectivity index (χ3n) is 2.74. The zero-order valence-corrected chi connectivity index (χ0v) is 12.5. The van der Waals surface area contributed by atoms with Gasteiger partial charge >= 0.3 is 0 Å². The number of anilines is 1. The highest BCUT2D eigenvalue weighted by molar-refractivity contribution is 9.10. The summed E-state index contributed by atoms with van der Waals surface area (Å²) in [5, 5.41) is 0.744. The Morgan fingerprint density at radius 3 is 3.06 bits per heavy atom. The topological polar surface area (TPSA) is 25.4 Å². The van der Waals surface area contributed by atoms with Crippen molar-refractivity contribution in [2.24, 2.45) is 0 Å². The standard InChI is InChI=1S/C11H13Br2FN2O/c1-7-6-17-9(3-12)5-16(7)11-10(14)2-8(13)4-15-11/h2,4,7,9H,3,5-6H2,1H3. The van der Waals surface area contributed by atoms with Crippen molar-refractivity contribution < 1.29 is 9.13 Å². The van der Waals surface area contributed by atoms with E-state index in [1.165, 1.54) is 6.07 Å². The molecule has 1 aliphatic rings. The van der Waals surface area contributed by atoms with Crippen LogP contribution in [0.25, 0.3) is 0 Å². The molecule has 94 valence electrons. The van der Waals surface area contributed by atoms with Gasteiger partial charge in [0.25, 0.3) is 0 Å². The highest BCUT2D eigenvalue weighted by atomic mass is 79.9. The number of alkyl halides is 1. The molecule has 2 unspecified atom stereocenters. The van der Waals surface area contributed by atoms with Crippen LogP contribution in [0.4, 0.5) is 10.2 Å². The summed E-state index contributed by atoms with van der Waals surface area (Å²) < 4.78 is 20.1. The van der Waals surface area contributed by atoms with E-state index in [1.54, 1.807) is 6.20 Å². The van der Waals surface area contributed by atoms with Crippen molar-refractivity contribution in [2.45, 2.75) is 19.1 Å². The molecular formula is C11H13Br2FN2O. The molecule has 0 N–H and O–H groups in total. The molecule has 1 saturated heterocycles. The van der Waals surface area contributed by atoms with E-state index < -0.39 is 0 Å². The normalized spacial score (nSPS) is 25.1. The van der Waals surface area contributed by atoms with E-state index in [2.05, 4.69) is 36.8 Å². The molecular weight excluding hydrogens is 355 g/mol. The third kappa shape index (κ3) is 2.98. The lowest BCUT2D eigenvalue weighted by Gasteiger charge is -2.38. The van der Waals surface area contributed by atoms with E-state index >= 15 is 0 Å². The van der Waals surface area contributed by atoms with Gasteiger partial charge in [-0.25, -0.2) is 9.37 Å². The lowest BCUT2D eigenvalue weighted by Crippen LogP contribution is -2.49. The maximum absolute atomic E-state index is 13.9. The Morgan fingerprint density at radius 1 is 1.65 bits per heavy atom.